The van der Waals surface area contributed by atoms with Crippen molar-refractivity contribution in [2.45, 2.75) is 42.1 Å². The highest BCUT2D eigenvalue weighted by molar-refractivity contribution is 7.99. The maximum Gasteiger partial charge on any atom is 0.244 e. The van der Waals surface area contributed by atoms with Crippen LogP contribution < -0.4 is 5.32 Å². The Morgan fingerprint density at radius 2 is 1.93 bits per heavy atom. The first kappa shape index (κ1) is 22.6. The fraction of sp³-hybridized carbons (Fsp3) is 0.400. The first-order valence-corrected chi connectivity index (χ1v) is 12.0. The number of carbonyl (C=O) groups excluding carboxylic acids is 1. The number of carbonyl (C=O) groups is 1. The zero-order valence-electron chi connectivity index (χ0n) is 16.5. The molecule has 0 spiro atoms. The molecule has 1 fully saturated rings. The van der Waals surface area contributed by atoms with Crippen molar-refractivity contribution in [2.75, 3.05) is 18.8 Å². The Kier molecular flexibility index (Phi) is 7.43. The SMILES string of the molecule is CC(NC(=O)CSc1ccc(S(=O)(=O)N2CCCCC2)cn1)c1ccc(F)cc1F. The number of amides is 1. The fourth-order valence-electron chi connectivity index (χ4n) is 3.21. The minimum absolute atomic E-state index is 0.0262. The van der Waals surface area contributed by atoms with Gasteiger partial charge in [0.2, 0.25) is 15.9 Å². The van der Waals surface area contributed by atoms with Gasteiger partial charge >= 0.3 is 0 Å². The zero-order chi connectivity index (χ0) is 21.7. The second-order valence-corrected chi connectivity index (χ2v) is 9.97. The number of piperidine rings is 1. The van der Waals surface area contributed by atoms with Crippen LogP contribution in [-0.2, 0) is 14.8 Å². The standard InChI is InChI=1S/C20H23F2N3O3S2/c1-14(17-7-5-15(21)11-18(17)22)24-19(26)13-29-20-8-6-16(12-23-20)30(27,28)25-9-3-2-4-10-25/h5-8,11-12,14H,2-4,9-10,13H2,1H3,(H,24,26). The number of sulfonamides is 1. The van der Waals surface area contributed by atoms with Gasteiger partial charge in [-0.1, -0.05) is 24.2 Å². The number of aromatic nitrogens is 1. The van der Waals surface area contributed by atoms with Gasteiger partial charge in [0, 0.05) is 30.9 Å². The highest BCUT2D eigenvalue weighted by Crippen LogP contribution is 2.23. The van der Waals surface area contributed by atoms with Crippen LogP contribution in [-0.4, -0.2) is 42.5 Å². The zero-order valence-corrected chi connectivity index (χ0v) is 18.1. The third-order valence-corrected chi connectivity index (χ3v) is 7.65. The molecule has 1 amide bonds. The number of nitrogens with one attached hydrogen (secondary N) is 1. The van der Waals surface area contributed by atoms with Crippen LogP contribution >= 0.6 is 11.8 Å². The Bertz CT molecular complexity index is 995. The number of pyridine rings is 1. The molecule has 2 aromatic rings. The van der Waals surface area contributed by atoms with Gasteiger partial charge in [-0.15, -0.1) is 0 Å². The molecule has 1 aromatic carbocycles. The normalized spacial score (nSPS) is 16.2. The van der Waals surface area contributed by atoms with Crippen molar-refractivity contribution < 1.29 is 22.0 Å². The summed E-state index contributed by atoms with van der Waals surface area (Å²) >= 11 is 1.14. The average molecular weight is 456 g/mol. The van der Waals surface area contributed by atoms with E-state index in [2.05, 4.69) is 10.3 Å². The van der Waals surface area contributed by atoms with Gasteiger partial charge in [-0.25, -0.2) is 22.2 Å². The van der Waals surface area contributed by atoms with E-state index < -0.39 is 27.7 Å². The number of benzene rings is 1. The van der Waals surface area contributed by atoms with Crippen LogP contribution in [0.5, 0.6) is 0 Å². The Labute approximate surface area is 179 Å². The molecule has 6 nitrogen and oxygen atoms in total. The predicted octanol–water partition coefficient (Wildman–Crippen LogP) is 3.50. The minimum atomic E-state index is -3.54. The second-order valence-electron chi connectivity index (χ2n) is 7.04. The summed E-state index contributed by atoms with van der Waals surface area (Å²) in [5, 5.41) is 3.16. The molecule has 10 heteroatoms. The Morgan fingerprint density at radius 3 is 2.57 bits per heavy atom. The van der Waals surface area contributed by atoms with Crippen LogP contribution in [0.2, 0.25) is 0 Å². The Hall–Kier alpha value is -2.04. The van der Waals surface area contributed by atoms with Gasteiger partial charge in [0.15, 0.2) is 0 Å². The van der Waals surface area contributed by atoms with Gasteiger partial charge in [-0.3, -0.25) is 4.79 Å². The van der Waals surface area contributed by atoms with E-state index in [9.17, 15) is 22.0 Å². The first-order chi connectivity index (χ1) is 14.3. The molecule has 1 unspecified atom stereocenters. The van der Waals surface area contributed by atoms with Crippen molar-refractivity contribution in [3.05, 3.63) is 53.7 Å². The van der Waals surface area contributed by atoms with Crippen LogP contribution in [0.3, 0.4) is 0 Å². The number of hydrogen-bond donors (Lipinski definition) is 1. The van der Waals surface area contributed by atoms with E-state index in [0.717, 1.165) is 43.2 Å². The molecule has 1 N–H and O–H groups in total. The van der Waals surface area contributed by atoms with Crippen molar-refractivity contribution in [3.8, 4) is 0 Å². The maximum atomic E-state index is 13.8. The minimum Gasteiger partial charge on any atom is -0.349 e. The maximum absolute atomic E-state index is 13.8. The van der Waals surface area contributed by atoms with E-state index in [-0.39, 0.29) is 22.1 Å². The van der Waals surface area contributed by atoms with Crippen molar-refractivity contribution >= 4 is 27.7 Å². The lowest BCUT2D eigenvalue weighted by molar-refractivity contribution is -0.119. The molecule has 1 saturated heterocycles. The van der Waals surface area contributed by atoms with E-state index in [1.165, 1.54) is 22.6 Å². The number of thioether (sulfide) groups is 1. The molecular formula is C20H23F2N3O3S2. The van der Waals surface area contributed by atoms with Crippen LogP contribution in [0.25, 0.3) is 0 Å². The Morgan fingerprint density at radius 1 is 1.20 bits per heavy atom. The third kappa shape index (κ3) is 5.55. The fourth-order valence-corrected chi connectivity index (χ4v) is 5.33. The molecule has 1 atom stereocenters. The summed E-state index contributed by atoms with van der Waals surface area (Å²) in [4.78, 5) is 16.4. The average Bonchev–Trinajstić information content (AvgIpc) is 2.73. The first-order valence-electron chi connectivity index (χ1n) is 9.60. The molecular weight excluding hydrogens is 432 g/mol. The largest absolute Gasteiger partial charge is 0.349 e. The molecule has 30 heavy (non-hydrogen) atoms. The number of nitrogens with zero attached hydrogens (tertiary/aromatic N) is 2. The predicted molar refractivity (Wildman–Crippen MR) is 110 cm³/mol. The number of halogens is 2. The summed E-state index contributed by atoms with van der Waals surface area (Å²) in [5.41, 5.74) is 0.195. The van der Waals surface area contributed by atoms with Crippen LogP contribution in [0.4, 0.5) is 8.78 Å². The van der Waals surface area contributed by atoms with E-state index in [0.29, 0.717) is 18.1 Å². The lowest BCUT2D eigenvalue weighted by Gasteiger charge is -2.25. The van der Waals surface area contributed by atoms with E-state index in [4.69, 9.17) is 0 Å². The summed E-state index contributed by atoms with van der Waals surface area (Å²) in [5.74, 6) is -1.72. The summed E-state index contributed by atoms with van der Waals surface area (Å²) < 4.78 is 53.6. The van der Waals surface area contributed by atoms with E-state index in [1.54, 1.807) is 13.0 Å². The van der Waals surface area contributed by atoms with Crippen molar-refractivity contribution in [3.63, 3.8) is 0 Å². The molecule has 162 valence electrons. The van der Waals surface area contributed by atoms with E-state index >= 15 is 0 Å². The Balaban J connectivity index is 1.55. The summed E-state index contributed by atoms with van der Waals surface area (Å²) in [6.45, 7) is 2.65. The van der Waals surface area contributed by atoms with Crippen molar-refractivity contribution in [1.29, 1.82) is 0 Å². The smallest absolute Gasteiger partial charge is 0.244 e. The lowest BCUT2D eigenvalue weighted by Crippen LogP contribution is -2.35. The van der Waals surface area contributed by atoms with Crippen LogP contribution in [0, 0.1) is 11.6 Å². The quantitative estimate of drug-likeness (QED) is 0.647. The van der Waals surface area contributed by atoms with Crippen LogP contribution in [0.1, 0.15) is 37.8 Å². The molecule has 1 aliphatic rings. The molecule has 1 aliphatic heterocycles. The third-order valence-electron chi connectivity index (χ3n) is 4.82. The molecule has 3 rings (SSSR count). The summed E-state index contributed by atoms with van der Waals surface area (Å²) in [7, 11) is -3.54. The van der Waals surface area contributed by atoms with Crippen molar-refractivity contribution in [1.82, 2.24) is 14.6 Å². The van der Waals surface area contributed by atoms with Gasteiger partial charge in [0.25, 0.3) is 0 Å². The summed E-state index contributed by atoms with van der Waals surface area (Å²) in [6.07, 6.45) is 4.06. The van der Waals surface area contributed by atoms with Gasteiger partial charge in [-0.2, -0.15) is 4.31 Å². The lowest BCUT2D eigenvalue weighted by atomic mass is 10.1. The highest BCUT2D eigenvalue weighted by atomic mass is 32.2. The molecule has 0 aliphatic carbocycles. The highest BCUT2D eigenvalue weighted by Gasteiger charge is 2.26. The van der Waals surface area contributed by atoms with Gasteiger partial charge in [-0.05, 0) is 38.0 Å². The molecule has 0 bridgehead atoms. The number of rotatable bonds is 7. The second kappa shape index (κ2) is 9.84. The topological polar surface area (TPSA) is 79.4 Å². The molecule has 1 aromatic heterocycles. The van der Waals surface area contributed by atoms with Gasteiger partial charge in [0.05, 0.1) is 16.8 Å². The summed E-state index contributed by atoms with van der Waals surface area (Å²) in [6, 6.07) is 5.65. The molecule has 0 saturated carbocycles. The molecule has 2 heterocycles. The van der Waals surface area contributed by atoms with Gasteiger partial charge < -0.3 is 5.32 Å². The van der Waals surface area contributed by atoms with Crippen molar-refractivity contribution in [2.24, 2.45) is 0 Å². The van der Waals surface area contributed by atoms with Crippen LogP contribution in [0.15, 0.2) is 46.5 Å². The van der Waals surface area contributed by atoms with Gasteiger partial charge in [0.1, 0.15) is 16.5 Å². The molecule has 0 radical (unpaired) electrons. The number of hydrogen-bond acceptors (Lipinski definition) is 5. The van der Waals surface area contributed by atoms with E-state index in [1.807, 2.05) is 0 Å². The monoisotopic (exact) mass is 455 g/mol.